The fraction of sp³-hybridized carbons (Fsp3) is 0.231. The van der Waals surface area contributed by atoms with E-state index in [0.29, 0.717) is 17.0 Å². The number of nitrogens with zero attached hydrogens (tertiary/aromatic N) is 3. The molecule has 1 atom stereocenters. The van der Waals surface area contributed by atoms with Crippen molar-refractivity contribution in [3.8, 4) is 5.69 Å². The van der Waals surface area contributed by atoms with Gasteiger partial charge in [-0.3, -0.25) is 4.79 Å². The first-order chi connectivity index (χ1) is 15.4. The molecular formula is C26H26ClN3O2. The van der Waals surface area contributed by atoms with Crippen molar-refractivity contribution in [3.63, 3.8) is 0 Å². The summed E-state index contributed by atoms with van der Waals surface area (Å²) < 4.78 is 3.54. The summed E-state index contributed by atoms with van der Waals surface area (Å²) >= 11 is 6.40. The van der Waals surface area contributed by atoms with E-state index < -0.39 is 6.04 Å². The zero-order valence-electron chi connectivity index (χ0n) is 18.4. The van der Waals surface area contributed by atoms with E-state index in [-0.39, 0.29) is 12.2 Å². The third-order valence-corrected chi connectivity index (χ3v) is 5.87. The van der Waals surface area contributed by atoms with Crippen LogP contribution in [-0.4, -0.2) is 25.8 Å². The lowest BCUT2D eigenvalue weighted by Crippen LogP contribution is -2.30. The molecule has 5 nitrogen and oxygen atoms in total. The van der Waals surface area contributed by atoms with Crippen LogP contribution in [0.5, 0.6) is 0 Å². The molecule has 2 aromatic carbocycles. The predicted octanol–water partition coefficient (Wildman–Crippen LogP) is 4.79. The summed E-state index contributed by atoms with van der Waals surface area (Å²) in [4.78, 5) is 17.6. The average Bonchev–Trinajstić information content (AvgIpc) is 3.18. The molecule has 0 saturated carbocycles. The minimum absolute atomic E-state index is 0.151. The van der Waals surface area contributed by atoms with Crippen molar-refractivity contribution in [2.75, 3.05) is 6.61 Å². The van der Waals surface area contributed by atoms with Crippen molar-refractivity contribution in [1.82, 2.24) is 14.1 Å². The number of imidazole rings is 1. The Bertz CT molecular complexity index is 1320. The van der Waals surface area contributed by atoms with Crippen LogP contribution >= 0.6 is 11.6 Å². The van der Waals surface area contributed by atoms with Gasteiger partial charge in [-0.2, -0.15) is 0 Å². The van der Waals surface area contributed by atoms with Gasteiger partial charge in [0.15, 0.2) is 0 Å². The van der Waals surface area contributed by atoms with Gasteiger partial charge < -0.3 is 14.2 Å². The van der Waals surface area contributed by atoms with Crippen molar-refractivity contribution >= 4 is 11.6 Å². The Morgan fingerprint density at radius 1 is 1.06 bits per heavy atom. The number of aromatic nitrogens is 3. The normalized spacial score (nSPS) is 12.2. The first kappa shape index (κ1) is 22.1. The fourth-order valence-electron chi connectivity index (χ4n) is 4.10. The molecule has 2 heterocycles. The van der Waals surface area contributed by atoms with Crippen LogP contribution in [0.25, 0.3) is 5.69 Å². The van der Waals surface area contributed by atoms with Crippen LogP contribution in [0.1, 0.15) is 39.6 Å². The highest BCUT2D eigenvalue weighted by Gasteiger charge is 2.17. The Labute approximate surface area is 192 Å². The average molecular weight is 448 g/mol. The molecule has 0 bridgehead atoms. The molecule has 2 aromatic heterocycles. The van der Waals surface area contributed by atoms with Crippen molar-refractivity contribution in [3.05, 3.63) is 116 Å². The molecule has 0 fully saturated rings. The Morgan fingerprint density at radius 3 is 2.53 bits per heavy atom. The Balaban J connectivity index is 1.69. The SMILES string of the molecule is Cc1cccc([C@H](CO)n2cc(Cl)cc(Cc3ccc(-n4cnc(C)c4)c(C)c3)c2=O)c1. The highest BCUT2D eigenvalue weighted by atomic mass is 35.5. The van der Waals surface area contributed by atoms with Gasteiger partial charge in [-0.25, -0.2) is 4.98 Å². The Morgan fingerprint density at radius 2 is 1.88 bits per heavy atom. The van der Waals surface area contributed by atoms with Gasteiger partial charge in [0.2, 0.25) is 0 Å². The van der Waals surface area contributed by atoms with E-state index in [2.05, 4.69) is 11.1 Å². The molecule has 0 radical (unpaired) electrons. The van der Waals surface area contributed by atoms with Crippen molar-refractivity contribution in [1.29, 1.82) is 0 Å². The summed E-state index contributed by atoms with van der Waals surface area (Å²) in [6.45, 7) is 5.80. The third kappa shape index (κ3) is 4.54. The molecule has 4 rings (SSSR count). The summed E-state index contributed by atoms with van der Waals surface area (Å²) in [5.74, 6) is 0. The fourth-order valence-corrected chi connectivity index (χ4v) is 4.34. The van der Waals surface area contributed by atoms with Crippen LogP contribution in [0, 0.1) is 20.8 Å². The molecule has 4 aromatic rings. The van der Waals surface area contributed by atoms with Crippen LogP contribution in [-0.2, 0) is 6.42 Å². The highest BCUT2D eigenvalue weighted by molar-refractivity contribution is 6.30. The van der Waals surface area contributed by atoms with Crippen LogP contribution in [0.4, 0.5) is 0 Å². The number of rotatable bonds is 6. The van der Waals surface area contributed by atoms with E-state index in [0.717, 1.165) is 33.6 Å². The molecule has 0 spiro atoms. The quantitative estimate of drug-likeness (QED) is 0.462. The number of hydrogen-bond acceptors (Lipinski definition) is 3. The predicted molar refractivity (Wildman–Crippen MR) is 128 cm³/mol. The minimum atomic E-state index is -0.492. The lowest BCUT2D eigenvalue weighted by atomic mass is 10.0. The van der Waals surface area contributed by atoms with Crippen molar-refractivity contribution in [2.45, 2.75) is 33.2 Å². The minimum Gasteiger partial charge on any atom is -0.394 e. The number of benzene rings is 2. The number of pyridine rings is 1. The lowest BCUT2D eigenvalue weighted by Gasteiger charge is -2.20. The van der Waals surface area contributed by atoms with E-state index in [9.17, 15) is 9.90 Å². The van der Waals surface area contributed by atoms with Gasteiger partial charge in [0.25, 0.3) is 5.56 Å². The number of aryl methyl sites for hydroxylation is 3. The molecular weight excluding hydrogens is 422 g/mol. The topological polar surface area (TPSA) is 60.1 Å². The summed E-state index contributed by atoms with van der Waals surface area (Å²) in [7, 11) is 0. The second-order valence-corrected chi connectivity index (χ2v) is 8.66. The molecule has 0 aliphatic heterocycles. The molecule has 0 aliphatic rings. The molecule has 164 valence electrons. The smallest absolute Gasteiger partial charge is 0.254 e. The zero-order valence-corrected chi connectivity index (χ0v) is 19.2. The van der Waals surface area contributed by atoms with E-state index >= 15 is 0 Å². The maximum Gasteiger partial charge on any atom is 0.254 e. The Kier molecular flexibility index (Phi) is 6.31. The molecule has 0 saturated heterocycles. The van der Waals surface area contributed by atoms with E-state index in [1.807, 2.05) is 67.9 Å². The largest absolute Gasteiger partial charge is 0.394 e. The van der Waals surface area contributed by atoms with E-state index in [4.69, 9.17) is 11.6 Å². The van der Waals surface area contributed by atoms with Gasteiger partial charge in [-0.15, -0.1) is 0 Å². The maximum atomic E-state index is 13.3. The number of halogens is 1. The molecule has 6 heteroatoms. The summed E-state index contributed by atoms with van der Waals surface area (Å²) in [6.07, 6.45) is 5.84. The molecule has 1 N–H and O–H groups in total. The number of hydrogen-bond donors (Lipinski definition) is 1. The van der Waals surface area contributed by atoms with Crippen LogP contribution in [0.2, 0.25) is 5.02 Å². The van der Waals surface area contributed by atoms with E-state index in [1.165, 1.54) is 0 Å². The van der Waals surface area contributed by atoms with Crippen LogP contribution in [0.3, 0.4) is 0 Å². The lowest BCUT2D eigenvalue weighted by molar-refractivity contribution is 0.246. The van der Waals surface area contributed by atoms with Gasteiger partial charge in [0.05, 0.1) is 29.7 Å². The van der Waals surface area contributed by atoms with Crippen molar-refractivity contribution in [2.24, 2.45) is 0 Å². The zero-order chi connectivity index (χ0) is 22.8. The van der Waals surface area contributed by atoms with E-state index in [1.54, 1.807) is 23.2 Å². The summed E-state index contributed by atoms with van der Waals surface area (Å²) in [5, 5.41) is 10.6. The molecule has 0 amide bonds. The van der Waals surface area contributed by atoms with Gasteiger partial charge in [0.1, 0.15) is 0 Å². The molecule has 0 unspecified atom stereocenters. The summed E-state index contributed by atoms with van der Waals surface area (Å²) in [6, 6.07) is 15.2. The maximum absolute atomic E-state index is 13.3. The van der Waals surface area contributed by atoms with Gasteiger partial charge in [0, 0.05) is 30.1 Å². The number of aliphatic hydroxyl groups is 1. The third-order valence-electron chi connectivity index (χ3n) is 5.67. The molecule has 32 heavy (non-hydrogen) atoms. The van der Waals surface area contributed by atoms with Gasteiger partial charge in [-0.05, 0) is 49.6 Å². The van der Waals surface area contributed by atoms with Crippen LogP contribution < -0.4 is 5.56 Å². The first-order valence-corrected chi connectivity index (χ1v) is 10.9. The van der Waals surface area contributed by atoms with Gasteiger partial charge in [-0.1, -0.05) is 53.6 Å². The molecule has 0 aliphatic carbocycles. The standard InChI is InChI=1S/C26H26ClN3O2/c1-17-5-4-6-21(9-17)25(15-31)30-14-23(27)12-22(26(30)32)11-20-7-8-24(18(2)10-20)29-13-19(3)28-16-29/h4-10,12-14,16,25,31H,11,15H2,1-3H3/t25-/m0/s1. The van der Waals surface area contributed by atoms with Gasteiger partial charge >= 0.3 is 0 Å². The first-order valence-electron chi connectivity index (χ1n) is 10.5. The monoisotopic (exact) mass is 447 g/mol. The number of aliphatic hydroxyl groups excluding tert-OH is 1. The van der Waals surface area contributed by atoms with Crippen molar-refractivity contribution < 1.29 is 5.11 Å². The van der Waals surface area contributed by atoms with Crippen LogP contribution in [0.15, 0.2) is 72.0 Å². The second kappa shape index (κ2) is 9.15. The highest BCUT2D eigenvalue weighted by Crippen LogP contribution is 2.22. The second-order valence-electron chi connectivity index (χ2n) is 8.23. The summed E-state index contributed by atoms with van der Waals surface area (Å²) in [5.41, 5.74) is 6.51. The Hall–Kier alpha value is -3.15.